The molecule has 1 aromatic carbocycles. The lowest BCUT2D eigenvalue weighted by Gasteiger charge is -2.06. The second-order valence-corrected chi connectivity index (χ2v) is 4.98. The topological polar surface area (TPSA) is 52.3 Å². The quantitative estimate of drug-likeness (QED) is 0.687. The summed E-state index contributed by atoms with van der Waals surface area (Å²) in [6.07, 6.45) is 0. The maximum Gasteiger partial charge on any atom is 0.232 e. The van der Waals surface area contributed by atoms with Crippen LogP contribution >= 0.6 is 0 Å². The molecule has 0 aliphatic heterocycles. The van der Waals surface area contributed by atoms with Crippen LogP contribution in [0.4, 0.5) is 0 Å². The summed E-state index contributed by atoms with van der Waals surface area (Å²) in [4.78, 5) is 17.0. The van der Waals surface area contributed by atoms with Gasteiger partial charge in [0.1, 0.15) is 11.3 Å². The van der Waals surface area contributed by atoms with E-state index in [2.05, 4.69) is 4.98 Å². The summed E-state index contributed by atoms with van der Waals surface area (Å²) < 4.78 is 10.9. The first-order valence-corrected chi connectivity index (χ1v) is 6.65. The molecule has 0 atom stereocenters. The highest BCUT2D eigenvalue weighted by Crippen LogP contribution is 2.26. The number of hydrogen-bond donors (Lipinski definition) is 0. The van der Waals surface area contributed by atoms with Crippen molar-refractivity contribution >= 4 is 16.9 Å². The highest BCUT2D eigenvalue weighted by Gasteiger charge is 2.19. The number of carbonyl (C=O) groups is 1. The van der Waals surface area contributed by atoms with Crippen LogP contribution in [0.1, 0.15) is 27.4 Å². The molecule has 0 bridgehead atoms. The van der Waals surface area contributed by atoms with Crippen LogP contribution in [0.15, 0.2) is 40.8 Å². The Hall–Kier alpha value is -2.62. The standard InChI is InChI=1S/C17H15NO3/c1-10-4-6-14(20-3)12(8-10)17(19)16-9-13-15(21-16)7-5-11(2)18-13/h4-9H,1-3H3. The molecular weight excluding hydrogens is 266 g/mol. The third-order valence-electron chi connectivity index (χ3n) is 3.34. The van der Waals surface area contributed by atoms with Gasteiger partial charge >= 0.3 is 0 Å². The molecule has 2 aromatic heterocycles. The lowest BCUT2D eigenvalue weighted by molar-refractivity contribution is 0.101. The number of hydrogen-bond acceptors (Lipinski definition) is 4. The fourth-order valence-corrected chi connectivity index (χ4v) is 2.27. The van der Waals surface area contributed by atoms with Crippen LogP contribution in [-0.2, 0) is 0 Å². The smallest absolute Gasteiger partial charge is 0.232 e. The average molecular weight is 281 g/mol. The molecule has 3 rings (SSSR count). The van der Waals surface area contributed by atoms with Gasteiger partial charge in [0, 0.05) is 11.8 Å². The van der Waals surface area contributed by atoms with Crippen molar-refractivity contribution in [2.75, 3.05) is 7.11 Å². The Morgan fingerprint density at radius 2 is 1.95 bits per heavy atom. The zero-order valence-corrected chi connectivity index (χ0v) is 12.1. The Kier molecular flexibility index (Phi) is 3.22. The molecule has 3 aromatic rings. The van der Waals surface area contributed by atoms with Gasteiger partial charge in [-0.15, -0.1) is 0 Å². The molecule has 106 valence electrons. The first-order chi connectivity index (χ1) is 10.1. The molecule has 0 amide bonds. The largest absolute Gasteiger partial charge is 0.496 e. The van der Waals surface area contributed by atoms with E-state index in [1.54, 1.807) is 25.3 Å². The summed E-state index contributed by atoms with van der Waals surface area (Å²) in [6, 6.07) is 10.8. The number of nitrogens with zero attached hydrogens (tertiary/aromatic N) is 1. The van der Waals surface area contributed by atoms with Gasteiger partial charge < -0.3 is 9.15 Å². The van der Waals surface area contributed by atoms with Crippen molar-refractivity contribution in [2.45, 2.75) is 13.8 Å². The maximum atomic E-state index is 12.6. The number of ketones is 1. The minimum Gasteiger partial charge on any atom is -0.496 e. The average Bonchev–Trinajstić information content (AvgIpc) is 2.89. The van der Waals surface area contributed by atoms with Gasteiger partial charge in [-0.05, 0) is 38.1 Å². The van der Waals surface area contributed by atoms with Crippen molar-refractivity contribution in [3.05, 3.63) is 59.0 Å². The summed E-state index contributed by atoms with van der Waals surface area (Å²) in [5.74, 6) is 0.605. The molecule has 0 saturated carbocycles. The van der Waals surface area contributed by atoms with Crippen LogP contribution in [0.5, 0.6) is 5.75 Å². The van der Waals surface area contributed by atoms with Crippen LogP contribution in [0.25, 0.3) is 11.1 Å². The van der Waals surface area contributed by atoms with Gasteiger partial charge in [-0.1, -0.05) is 11.6 Å². The van der Waals surface area contributed by atoms with Crippen LogP contribution in [-0.4, -0.2) is 17.9 Å². The minimum atomic E-state index is -0.203. The van der Waals surface area contributed by atoms with Crippen molar-refractivity contribution in [1.29, 1.82) is 0 Å². The number of fused-ring (bicyclic) bond motifs is 1. The van der Waals surface area contributed by atoms with Gasteiger partial charge in [0.25, 0.3) is 0 Å². The van der Waals surface area contributed by atoms with Gasteiger partial charge in [-0.3, -0.25) is 4.79 Å². The Bertz CT molecular complexity index is 833. The molecule has 21 heavy (non-hydrogen) atoms. The molecule has 0 radical (unpaired) electrons. The number of rotatable bonds is 3. The fourth-order valence-electron chi connectivity index (χ4n) is 2.27. The summed E-state index contributed by atoms with van der Waals surface area (Å²) in [6.45, 7) is 3.83. The highest BCUT2D eigenvalue weighted by molar-refractivity contribution is 6.10. The van der Waals surface area contributed by atoms with Crippen LogP contribution < -0.4 is 4.74 Å². The van der Waals surface area contributed by atoms with E-state index in [0.717, 1.165) is 11.3 Å². The lowest BCUT2D eigenvalue weighted by Crippen LogP contribution is -2.03. The van der Waals surface area contributed by atoms with Crippen LogP contribution in [0.3, 0.4) is 0 Å². The lowest BCUT2D eigenvalue weighted by atomic mass is 10.0. The van der Waals surface area contributed by atoms with E-state index in [4.69, 9.17) is 9.15 Å². The number of ether oxygens (including phenoxy) is 1. The summed E-state index contributed by atoms with van der Waals surface area (Å²) in [5.41, 5.74) is 3.66. The van der Waals surface area contributed by atoms with Gasteiger partial charge in [0.05, 0.1) is 12.7 Å². The molecule has 0 fully saturated rings. The van der Waals surface area contributed by atoms with Gasteiger partial charge in [0.2, 0.25) is 5.78 Å². The Balaban J connectivity index is 2.10. The number of aryl methyl sites for hydroxylation is 2. The molecular formula is C17H15NO3. The highest BCUT2D eigenvalue weighted by atomic mass is 16.5. The summed E-state index contributed by atoms with van der Waals surface area (Å²) >= 11 is 0. The number of methoxy groups -OCH3 is 1. The number of furan rings is 1. The van der Waals surface area contributed by atoms with E-state index in [1.807, 2.05) is 32.0 Å². The summed E-state index contributed by atoms with van der Waals surface area (Å²) in [5, 5.41) is 0. The molecule has 0 saturated heterocycles. The Morgan fingerprint density at radius 3 is 2.71 bits per heavy atom. The van der Waals surface area contributed by atoms with Crippen LogP contribution in [0, 0.1) is 13.8 Å². The van der Waals surface area contributed by atoms with E-state index in [0.29, 0.717) is 22.4 Å². The normalized spacial score (nSPS) is 10.8. The van der Waals surface area contributed by atoms with Crippen molar-refractivity contribution in [3.8, 4) is 5.75 Å². The maximum absolute atomic E-state index is 12.6. The van der Waals surface area contributed by atoms with Gasteiger partial charge in [-0.25, -0.2) is 4.98 Å². The Morgan fingerprint density at radius 1 is 1.14 bits per heavy atom. The zero-order chi connectivity index (χ0) is 15.0. The Labute approximate surface area is 122 Å². The first-order valence-electron chi connectivity index (χ1n) is 6.65. The number of benzene rings is 1. The SMILES string of the molecule is COc1ccc(C)cc1C(=O)c1cc2nc(C)ccc2o1. The molecule has 0 N–H and O–H groups in total. The fraction of sp³-hybridized carbons (Fsp3) is 0.176. The first kappa shape index (κ1) is 13.4. The van der Waals surface area contributed by atoms with E-state index in [1.165, 1.54) is 0 Å². The molecule has 0 unspecified atom stereocenters. The number of aromatic nitrogens is 1. The van der Waals surface area contributed by atoms with Gasteiger partial charge in [-0.2, -0.15) is 0 Å². The second kappa shape index (κ2) is 5.05. The van der Waals surface area contributed by atoms with Crippen molar-refractivity contribution in [3.63, 3.8) is 0 Å². The zero-order valence-electron chi connectivity index (χ0n) is 12.1. The number of carbonyl (C=O) groups excluding carboxylic acids is 1. The molecule has 2 heterocycles. The van der Waals surface area contributed by atoms with E-state index in [-0.39, 0.29) is 11.5 Å². The third-order valence-corrected chi connectivity index (χ3v) is 3.34. The van der Waals surface area contributed by atoms with Gasteiger partial charge in [0.15, 0.2) is 11.3 Å². The number of pyridine rings is 1. The third kappa shape index (κ3) is 2.40. The molecule has 0 spiro atoms. The van der Waals surface area contributed by atoms with E-state index >= 15 is 0 Å². The summed E-state index contributed by atoms with van der Waals surface area (Å²) in [7, 11) is 1.55. The van der Waals surface area contributed by atoms with Crippen LogP contribution in [0.2, 0.25) is 0 Å². The second-order valence-electron chi connectivity index (χ2n) is 4.98. The molecule has 4 nitrogen and oxygen atoms in total. The predicted molar refractivity (Wildman–Crippen MR) is 79.9 cm³/mol. The van der Waals surface area contributed by atoms with E-state index in [9.17, 15) is 4.79 Å². The molecule has 0 aliphatic carbocycles. The molecule has 0 aliphatic rings. The van der Waals surface area contributed by atoms with Crippen molar-refractivity contribution in [1.82, 2.24) is 4.98 Å². The van der Waals surface area contributed by atoms with Crippen molar-refractivity contribution < 1.29 is 13.9 Å². The van der Waals surface area contributed by atoms with E-state index < -0.39 is 0 Å². The molecule has 4 heteroatoms. The monoisotopic (exact) mass is 281 g/mol. The minimum absolute atomic E-state index is 0.203. The predicted octanol–water partition coefficient (Wildman–Crippen LogP) is 3.68. The van der Waals surface area contributed by atoms with Crippen molar-refractivity contribution in [2.24, 2.45) is 0 Å².